The molecule has 0 bridgehead atoms. The summed E-state index contributed by atoms with van der Waals surface area (Å²) in [6.07, 6.45) is 0.390. The number of methoxy groups -OCH3 is 1. The summed E-state index contributed by atoms with van der Waals surface area (Å²) in [6.45, 7) is 3.27. The zero-order chi connectivity index (χ0) is 18.1. The minimum absolute atomic E-state index is 0.121. The largest absolute Gasteiger partial charge is 0.497 e. The number of benzene rings is 2. The highest BCUT2D eigenvalue weighted by molar-refractivity contribution is 5.80. The van der Waals surface area contributed by atoms with Crippen LogP contribution in [0.5, 0.6) is 5.75 Å². The van der Waals surface area contributed by atoms with Crippen LogP contribution in [0.15, 0.2) is 48.5 Å². The maximum absolute atomic E-state index is 12.7. The van der Waals surface area contributed by atoms with E-state index in [1.165, 1.54) is 5.56 Å². The second-order valence-corrected chi connectivity index (χ2v) is 6.62. The van der Waals surface area contributed by atoms with Gasteiger partial charge in [-0.15, -0.1) is 0 Å². The highest BCUT2D eigenvalue weighted by Gasteiger charge is 2.28. The van der Waals surface area contributed by atoms with Crippen molar-refractivity contribution in [3.8, 4) is 17.0 Å². The van der Waals surface area contributed by atoms with E-state index in [0.717, 1.165) is 33.8 Å². The first kappa shape index (κ1) is 16.4. The fourth-order valence-corrected chi connectivity index (χ4v) is 3.41. The molecule has 0 spiro atoms. The van der Waals surface area contributed by atoms with Crippen LogP contribution in [-0.2, 0) is 24.3 Å². The number of carbonyl (C=O) groups is 1. The summed E-state index contributed by atoms with van der Waals surface area (Å²) in [7, 11) is 1.64. The molecule has 1 amide bonds. The smallest absolute Gasteiger partial charge is 0.227 e. The van der Waals surface area contributed by atoms with Crippen LogP contribution in [0.4, 0.5) is 0 Å². The SMILES string of the molecule is COc1ccc(CC(=O)N2Cc3[nH]nc(-c4ccccc4C)c3C2)cc1. The average Bonchev–Trinajstić information content (AvgIpc) is 3.24. The van der Waals surface area contributed by atoms with Crippen LogP contribution in [0.3, 0.4) is 0 Å². The highest BCUT2D eigenvalue weighted by atomic mass is 16.5. The van der Waals surface area contributed by atoms with Gasteiger partial charge in [0, 0.05) is 11.1 Å². The molecule has 0 saturated heterocycles. The Hall–Kier alpha value is -3.08. The summed E-state index contributed by atoms with van der Waals surface area (Å²) in [5, 5.41) is 7.60. The molecule has 2 aromatic carbocycles. The van der Waals surface area contributed by atoms with Crippen molar-refractivity contribution in [3.63, 3.8) is 0 Å². The number of ether oxygens (including phenoxy) is 1. The Labute approximate surface area is 152 Å². The average molecular weight is 347 g/mol. The Kier molecular flexibility index (Phi) is 4.21. The summed E-state index contributed by atoms with van der Waals surface area (Å²) >= 11 is 0. The lowest BCUT2D eigenvalue weighted by atomic mass is 10.0. The Morgan fingerprint density at radius 2 is 1.92 bits per heavy atom. The zero-order valence-electron chi connectivity index (χ0n) is 15.0. The minimum atomic E-state index is 0.121. The number of H-pyrrole nitrogens is 1. The fraction of sp³-hybridized carbons (Fsp3) is 0.238. The van der Waals surface area contributed by atoms with Crippen molar-refractivity contribution in [2.45, 2.75) is 26.4 Å². The number of hydrogen-bond donors (Lipinski definition) is 1. The lowest BCUT2D eigenvalue weighted by Gasteiger charge is -2.16. The summed E-state index contributed by atoms with van der Waals surface area (Å²) in [4.78, 5) is 14.6. The Morgan fingerprint density at radius 1 is 1.15 bits per heavy atom. The second-order valence-electron chi connectivity index (χ2n) is 6.62. The molecule has 0 saturated carbocycles. The van der Waals surface area contributed by atoms with Gasteiger partial charge in [0.25, 0.3) is 0 Å². The van der Waals surface area contributed by atoms with Crippen LogP contribution in [-0.4, -0.2) is 28.1 Å². The van der Waals surface area contributed by atoms with E-state index in [9.17, 15) is 4.79 Å². The van der Waals surface area contributed by atoms with Crippen LogP contribution in [0.1, 0.15) is 22.4 Å². The van der Waals surface area contributed by atoms with E-state index in [-0.39, 0.29) is 5.91 Å². The van der Waals surface area contributed by atoms with Gasteiger partial charge in [0.1, 0.15) is 5.75 Å². The van der Waals surface area contributed by atoms with E-state index >= 15 is 0 Å². The topological polar surface area (TPSA) is 58.2 Å². The highest BCUT2D eigenvalue weighted by Crippen LogP contribution is 2.32. The first-order chi connectivity index (χ1) is 12.7. The molecule has 1 N–H and O–H groups in total. The summed E-state index contributed by atoms with van der Waals surface area (Å²) in [6, 6.07) is 15.8. The van der Waals surface area contributed by atoms with E-state index in [2.05, 4.69) is 29.3 Å². The molecule has 1 aliphatic heterocycles. The second kappa shape index (κ2) is 6.67. The van der Waals surface area contributed by atoms with Gasteiger partial charge in [0.15, 0.2) is 0 Å². The van der Waals surface area contributed by atoms with Gasteiger partial charge in [-0.2, -0.15) is 5.10 Å². The standard InChI is InChI=1S/C21H21N3O2/c1-14-5-3-4-6-17(14)21-18-12-24(13-19(18)22-23-21)20(25)11-15-7-9-16(26-2)10-8-15/h3-10H,11-13H2,1-2H3,(H,22,23). The Bertz CT molecular complexity index is 944. The van der Waals surface area contributed by atoms with Crippen LogP contribution in [0.2, 0.25) is 0 Å². The van der Waals surface area contributed by atoms with E-state index in [1.807, 2.05) is 41.3 Å². The summed E-state index contributed by atoms with van der Waals surface area (Å²) in [5.74, 6) is 0.918. The monoisotopic (exact) mass is 347 g/mol. The maximum atomic E-state index is 12.7. The van der Waals surface area contributed by atoms with Gasteiger partial charge in [-0.3, -0.25) is 9.89 Å². The first-order valence-corrected chi connectivity index (χ1v) is 8.68. The van der Waals surface area contributed by atoms with Crippen molar-refractivity contribution < 1.29 is 9.53 Å². The van der Waals surface area contributed by atoms with Crippen molar-refractivity contribution in [2.75, 3.05) is 7.11 Å². The van der Waals surface area contributed by atoms with Crippen molar-refractivity contribution in [3.05, 3.63) is 70.9 Å². The van der Waals surface area contributed by atoms with E-state index in [4.69, 9.17) is 4.74 Å². The molecule has 0 radical (unpaired) electrons. The fourth-order valence-electron chi connectivity index (χ4n) is 3.41. The van der Waals surface area contributed by atoms with Gasteiger partial charge in [-0.1, -0.05) is 36.4 Å². The molecule has 5 heteroatoms. The van der Waals surface area contributed by atoms with Gasteiger partial charge in [0.05, 0.1) is 38.0 Å². The number of carbonyl (C=O) groups excluding carboxylic acids is 1. The summed E-state index contributed by atoms with van der Waals surface area (Å²) in [5.41, 5.74) is 6.41. The lowest BCUT2D eigenvalue weighted by molar-refractivity contribution is -0.131. The molecule has 4 rings (SSSR count). The van der Waals surface area contributed by atoms with Crippen molar-refractivity contribution >= 4 is 5.91 Å². The maximum Gasteiger partial charge on any atom is 0.227 e. The molecule has 1 aromatic heterocycles. The van der Waals surface area contributed by atoms with E-state index in [0.29, 0.717) is 19.5 Å². The molecular formula is C21H21N3O2. The lowest BCUT2D eigenvalue weighted by Crippen LogP contribution is -2.27. The number of nitrogens with one attached hydrogen (secondary N) is 1. The molecule has 26 heavy (non-hydrogen) atoms. The number of aromatic nitrogens is 2. The van der Waals surface area contributed by atoms with Crippen LogP contribution >= 0.6 is 0 Å². The molecule has 0 fully saturated rings. The van der Waals surface area contributed by atoms with Gasteiger partial charge >= 0.3 is 0 Å². The number of aromatic amines is 1. The van der Waals surface area contributed by atoms with Gasteiger partial charge in [-0.25, -0.2) is 0 Å². The van der Waals surface area contributed by atoms with Crippen molar-refractivity contribution in [2.24, 2.45) is 0 Å². The molecule has 132 valence electrons. The van der Waals surface area contributed by atoms with Crippen molar-refractivity contribution in [1.29, 1.82) is 0 Å². The third kappa shape index (κ3) is 2.96. The number of amides is 1. The molecule has 0 aliphatic carbocycles. The van der Waals surface area contributed by atoms with Gasteiger partial charge in [0.2, 0.25) is 5.91 Å². The van der Waals surface area contributed by atoms with Gasteiger partial charge < -0.3 is 9.64 Å². The third-order valence-electron chi connectivity index (χ3n) is 4.92. The van der Waals surface area contributed by atoms with Crippen molar-refractivity contribution in [1.82, 2.24) is 15.1 Å². The quantitative estimate of drug-likeness (QED) is 0.786. The van der Waals surface area contributed by atoms with Crippen LogP contribution in [0, 0.1) is 6.92 Å². The Morgan fingerprint density at radius 3 is 2.65 bits per heavy atom. The predicted octanol–water partition coefficient (Wildman–Crippen LogP) is 3.48. The van der Waals surface area contributed by atoms with E-state index < -0.39 is 0 Å². The van der Waals surface area contributed by atoms with E-state index in [1.54, 1.807) is 7.11 Å². The molecular weight excluding hydrogens is 326 g/mol. The normalized spacial score (nSPS) is 12.9. The first-order valence-electron chi connectivity index (χ1n) is 8.68. The molecule has 5 nitrogen and oxygen atoms in total. The van der Waals surface area contributed by atoms with Crippen LogP contribution < -0.4 is 4.74 Å². The number of nitrogens with zero attached hydrogens (tertiary/aromatic N) is 2. The summed E-state index contributed by atoms with van der Waals surface area (Å²) < 4.78 is 5.16. The number of rotatable bonds is 4. The Balaban J connectivity index is 1.50. The molecule has 3 aromatic rings. The molecule has 0 unspecified atom stereocenters. The predicted molar refractivity (Wildman–Crippen MR) is 99.7 cm³/mol. The third-order valence-corrected chi connectivity index (χ3v) is 4.92. The molecule has 1 aliphatic rings. The minimum Gasteiger partial charge on any atom is -0.497 e. The van der Waals surface area contributed by atoms with Crippen LogP contribution in [0.25, 0.3) is 11.3 Å². The molecule has 2 heterocycles. The number of fused-ring (bicyclic) bond motifs is 1. The number of hydrogen-bond acceptors (Lipinski definition) is 3. The number of aryl methyl sites for hydroxylation is 1. The molecule has 0 atom stereocenters. The zero-order valence-corrected chi connectivity index (χ0v) is 15.0. The van der Waals surface area contributed by atoms with Gasteiger partial charge in [-0.05, 0) is 30.2 Å².